The molecule has 5 rings (SSSR count). The Bertz CT molecular complexity index is 2280. The van der Waals surface area contributed by atoms with Crippen molar-refractivity contribution in [2.45, 2.75) is 183 Å². The number of amides is 1. The van der Waals surface area contributed by atoms with Crippen molar-refractivity contribution in [1.29, 1.82) is 0 Å². The second kappa shape index (κ2) is 32.0. The average molecular weight is 986 g/mol. The number of carbonyl (C=O) groups is 5. The minimum absolute atomic E-state index is 0. The first kappa shape index (κ1) is 62.9. The van der Waals surface area contributed by atoms with Crippen LogP contribution in [-0.2, 0) is 44.8 Å². The number of esters is 1. The maximum absolute atomic E-state index is 13.7. The molecule has 2 N–H and O–H groups in total. The Morgan fingerprint density at radius 3 is 1.17 bits per heavy atom. The van der Waals surface area contributed by atoms with Gasteiger partial charge < -0.3 is 34.7 Å². The summed E-state index contributed by atoms with van der Waals surface area (Å²) in [6.45, 7) is 23.5. The molecule has 1 fully saturated rings. The third kappa shape index (κ3) is 17.8. The van der Waals surface area contributed by atoms with Crippen molar-refractivity contribution in [2.75, 3.05) is 13.1 Å². The summed E-state index contributed by atoms with van der Waals surface area (Å²) >= 11 is 0. The first-order chi connectivity index (χ1) is 34.0. The number of carboxylic acids is 1. The number of carbonyl (C=O) groups excluding carboxylic acids is 4. The molecule has 4 aromatic carbocycles. The minimum atomic E-state index is -1.09. The van der Waals surface area contributed by atoms with Gasteiger partial charge in [-0.1, -0.05) is 143 Å². The van der Waals surface area contributed by atoms with E-state index in [9.17, 15) is 29.1 Å². The molecule has 0 saturated carbocycles. The van der Waals surface area contributed by atoms with Crippen LogP contribution in [0.2, 0.25) is 0 Å². The Hall–Kier alpha value is -5.25. The number of ether oxygens (including phenoxy) is 3. The molecule has 0 spiro atoms. The first-order valence-electron chi connectivity index (χ1n) is 25.8. The summed E-state index contributed by atoms with van der Waals surface area (Å²) in [6, 6.07) is 23.0. The molecule has 388 valence electrons. The maximum Gasteiger partial charge on any atom is 1.00 e. The second-order valence-corrected chi connectivity index (χ2v) is 18.9. The number of benzene rings is 4. The predicted molar refractivity (Wildman–Crippen MR) is 278 cm³/mol. The van der Waals surface area contributed by atoms with E-state index in [1.165, 1.54) is 0 Å². The van der Waals surface area contributed by atoms with Gasteiger partial charge in [0.1, 0.15) is 11.5 Å². The summed E-state index contributed by atoms with van der Waals surface area (Å²) in [5.41, 5.74) is 8.61. The van der Waals surface area contributed by atoms with Gasteiger partial charge in [-0.15, -0.1) is 0 Å². The molecule has 1 saturated heterocycles. The van der Waals surface area contributed by atoms with Crippen LogP contribution in [0.15, 0.2) is 72.8 Å². The Labute approximate surface area is 441 Å². The van der Waals surface area contributed by atoms with Crippen LogP contribution < -0.4 is 33.6 Å². The summed E-state index contributed by atoms with van der Waals surface area (Å²) in [4.78, 5) is 65.4. The predicted octanol–water partition coefficient (Wildman–Crippen LogP) is 9.32. The second-order valence-electron chi connectivity index (χ2n) is 18.9. The molecule has 0 bridgehead atoms. The van der Waals surface area contributed by atoms with Gasteiger partial charge in [0.15, 0.2) is 17.7 Å². The molecule has 12 nitrogen and oxygen atoms in total. The number of likely N-dealkylation sites (tertiary alicyclic amines) is 1. The molecular weight excluding hydrogens is 906 g/mol. The van der Waals surface area contributed by atoms with Gasteiger partial charge in [-0.3, -0.25) is 14.4 Å². The maximum atomic E-state index is 13.7. The number of carboxylic acid groups (broad SMARTS) is 1. The van der Waals surface area contributed by atoms with Crippen LogP contribution in [0.25, 0.3) is 0 Å². The zero-order chi connectivity index (χ0) is 52.8. The van der Waals surface area contributed by atoms with Crippen LogP contribution in [0.1, 0.15) is 217 Å². The fraction of sp³-hybridized carbons (Fsp3) is 0.508. The van der Waals surface area contributed by atoms with Gasteiger partial charge in [-0.2, -0.15) is 0 Å². The molecule has 3 atom stereocenters. The van der Waals surface area contributed by atoms with E-state index in [2.05, 4.69) is 55.4 Å². The zero-order valence-corrected chi connectivity index (χ0v) is 45.2. The van der Waals surface area contributed by atoms with Crippen LogP contribution in [0.5, 0.6) is 11.5 Å². The fourth-order valence-corrected chi connectivity index (χ4v) is 8.70. The minimum Gasteiger partial charge on any atom is -0.727 e. The van der Waals surface area contributed by atoms with Gasteiger partial charge >= 0.3 is 30.8 Å². The molecular formula is C59H80LiNO11. The van der Waals surface area contributed by atoms with E-state index in [1.807, 2.05) is 86.6 Å². The number of ketones is 2. The van der Waals surface area contributed by atoms with E-state index in [4.69, 9.17) is 24.7 Å². The van der Waals surface area contributed by atoms with Gasteiger partial charge in [0.05, 0.1) is 0 Å². The van der Waals surface area contributed by atoms with Crippen molar-refractivity contribution in [2.24, 2.45) is 0 Å². The zero-order valence-electron chi connectivity index (χ0n) is 45.2. The number of hydrogen-bond acceptors (Lipinski definition) is 10. The largest absolute Gasteiger partial charge is 1.00 e. The van der Waals surface area contributed by atoms with Crippen molar-refractivity contribution >= 4 is 29.4 Å². The Morgan fingerprint density at radius 1 is 0.542 bits per heavy atom. The number of nitrogens with zero attached hydrogens (tertiary/aromatic N) is 1. The number of Topliss-reactive ketones (excluding diaryl/α,β-unsaturated/α-hetero) is 2. The van der Waals surface area contributed by atoms with Crippen molar-refractivity contribution in [3.05, 3.63) is 128 Å². The van der Waals surface area contributed by atoms with Crippen LogP contribution in [-0.4, -0.2) is 63.9 Å². The summed E-state index contributed by atoms with van der Waals surface area (Å²) in [7, 11) is 0. The normalized spacial score (nSPS) is 13.1. The van der Waals surface area contributed by atoms with Crippen LogP contribution in [0.3, 0.4) is 0 Å². The van der Waals surface area contributed by atoms with E-state index >= 15 is 0 Å². The van der Waals surface area contributed by atoms with Crippen LogP contribution in [0, 0.1) is 0 Å². The summed E-state index contributed by atoms with van der Waals surface area (Å²) in [5, 5.41) is 22.9. The molecule has 4 aromatic rings. The molecule has 0 radical (unpaired) electrons. The smallest absolute Gasteiger partial charge is 0.727 e. The quantitative estimate of drug-likeness (QED) is 0.0225. The van der Waals surface area contributed by atoms with Crippen molar-refractivity contribution in [1.82, 2.24) is 4.90 Å². The Balaban J connectivity index is 0.000000485. The third-order valence-corrected chi connectivity index (χ3v) is 12.6. The molecule has 0 aromatic heterocycles. The van der Waals surface area contributed by atoms with Crippen molar-refractivity contribution in [3.63, 3.8) is 0 Å². The summed E-state index contributed by atoms with van der Waals surface area (Å²) in [5.74, 6) is 0.374. The molecule has 1 heterocycles. The van der Waals surface area contributed by atoms with Gasteiger partial charge in [0, 0.05) is 48.2 Å². The van der Waals surface area contributed by atoms with Crippen molar-refractivity contribution in [3.8, 4) is 11.5 Å². The SMILES string of the molecule is CCCc1cc(C(=O)CC)cc(CCC)c1OC(C(=O)O)c1ccc(C(C)C)cc1.CCCc1cc(C(=O)CC)cc(CCC)c1OC(C(=O)O[C@H](C)C(=O)N1CCCC1)c1ccc(C(C)C)cc1.[Li+].[O-]O. The number of hydrogen-bond donors (Lipinski definition) is 2. The van der Waals surface area contributed by atoms with Crippen LogP contribution >= 0.6 is 0 Å². The molecule has 1 amide bonds. The average Bonchev–Trinajstić information content (AvgIpc) is 3.91. The molecule has 13 heteroatoms. The van der Waals surface area contributed by atoms with E-state index in [-0.39, 0.29) is 36.3 Å². The van der Waals surface area contributed by atoms with E-state index in [0.717, 1.165) is 97.6 Å². The van der Waals surface area contributed by atoms with Gasteiger partial charge in [0.25, 0.3) is 5.91 Å². The Morgan fingerprint density at radius 2 is 0.861 bits per heavy atom. The van der Waals surface area contributed by atoms with Crippen LogP contribution in [0.4, 0.5) is 0 Å². The van der Waals surface area contributed by atoms with Gasteiger partial charge in [0.2, 0.25) is 12.2 Å². The molecule has 0 aliphatic carbocycles. The number of rotatable bonds is 24. The fourth-order valence-electron chi connectivity index (χ4n) is 8.70. The summed E-state index contributed by atoms with van der Waals surface area (Å²) in [6.07, 6.45) is 6.17. The standard InChI is InChI=1S/C33H45NO5.C26H34O4.Li.H2O2/c1-7-12-26-20-28(29(35)9-3)21-27(13-8-2)30(26)39-31(25-16-14-24(15-17-25)22(4)5)33(37)38-23(6)32(36)34-18-10-11-19-34;1-6-9-20-15-22(23(27)8-3)16-21(10-7-2)24(20)30-25(26(28)29)19-13-11-18(12-14-19)17(4)5;;1-2/h14-17,20-23,31H,7-13,18-19H2,1-6H3;11-17,25H,6-10H2,1-5H3,(H,28,29);;1-2H/q;;+1;/p-1/t23-,31?;;;/m1.../s1. The monoisotopic (exact) mass is 986 g/mol. The molecule has 1 aliphatic heterocycles. The van der Waals surface area contributed by atoms with E-state index in [1.54, 1.807) is 11.8 Å². The van der Waals surface area contributed by atoms with E-state index in [0.29, 0.717) is 71.5 Å². The molecule has 1 aliphatic rings. The van der Waals surface area contributed by atoms with Crippen molar-refractivity contribution < 1.29 is 72.7 Å². The Kier molecular flexibility index (Phi) is 28.0. The van der Waals surface area contributed by atoms with Gasteiger partial charge in [-0.25, -0.2) is 9.59 Å². The van der Waals surface area contributed by atoms with E-state index < -0.39 is 30.3 Å². The number of aliphatic carboxylic acids is 1. The third-order valence-electron chi connectivity index (χ3n) is 12.6. The first-order valence-corrected chi connectivity index (χ1v) is 25.8. The topological polar surface area (TPSA) is 180 Å². The summed E-state index contributed by atoms with van der Waals surface area (Å²) < 4.78 is 18.5. The molecule has 72 heavy (non-hydrogen) atoms. The van der Waals surface area contributed by atoms with Gasteiger partial charge in [-0.05, 0) is 115 Å². The molecule has 2 unspecified atom stereocenters. The number of aryl methyl sites for hydroxylation is 4.